The topological polar surface area (TPSA) is 88.8 Å². The third-order valence-corrected chi connectivity index (χ3v) is 6.06. The summed E-state index contributed by atoms with van der Waals surface area (Å²) in [6, 6.07) is 9.85. The summed E-state index contributed by atoms with van der Waals surface area (Å²) in [5, 5.41) is 2.81. The number of carbonyl (C=O) groups is 1. The monoisotopic (exact) mass is 378 g/mol. The van der Waals surface area contributed by atoms with Crippen molar-refractivity contribution < 1.29 is 22.4 Å². The van der Waals surface area contributed by atoms with Gasteiger partial charge in [0.2, 0.25) is 10.0 Å². The Morgan fingerprint density at radius 3 is 2.69 bits per heavy atom. The van der Waals surface area contributed by atoms with Gasteiger partial charge in [-0.05, 0) is 36.8 Å². The average molecular weight is 378 g/mol. The molecule has 0 bridgehead atoms. The highest BCUT2D eigenvalue weighted by molar-refractivity contribution is 7.89. The van der Waals surface area contributed by atoms with Crippen LogP contribution in [0.25, 0.3) is 0 Å². The number of carbonyl (C=O) groups excluding carboxylic acids is 1. The lowest BCUT2D eigenvalue weighted by Crippen LogP contribution is -2.40. The first-order valence-electron chi connectivity index (χ1n) is 8.56. The third-order valence-electron chi connectivity index (χ3n) is 4.17. The van der Waals surface area contributed by atoms with Gasteiger partial charge in [-0.2, -0.15) is 4.31 Å². The van der Waals surface area contributed by atoms with Crippen molar-refractivity contribution >= 4 is 15.9 Å². The van der Waals surface area contributed by atoms with E-state index >= 15 is 0 Å². The van der Waals surface area contributed by atoms with Crippen LogP contribution in [0, 0.1) is 0 Å². The quantitative estimate of drug-likeness (QED) is 0.740. The molecule has 0 saturated carbocycles. The van der Waals surface area contributed by atoms with Crippen LogP contribution in [0.3, 0.4) is 0 Å². The summed E-state index contributed by atoms with van der Waals surface area (Å²) >= 11 is 0. The lowest BCUT2D eigenvalue weighted by Gasteiger charge is -2.26. The fourth-order valence-electron chi connectivity index (χ4n) is 2.76. The number of ether oxygens (including phenoxy) is 1. The Bertz CT molecular complexity index is 827. The number of sulfonamides is 1. The van der Waals surface area contributed by atoms with E-state index in [1.54, 1.807) is 18.4 Å². The van der Waals surface area contributed by atoms with E-state index in [0.717, 1.165) is 18.6 Å². The second kappa shape index (κ2) is 8.48. The normalized spacial score (nSPS) is 15.7. The second-order valence-corrected chi connectivity index (χ2v) is 7.92. The summed E-state index contributed by atoms with van der Waals surface area (Å²) in [5.74, 6) is 0.585. The number of morpholine rings is 1. The molecule has 1 fully saturated rings. The molecule has 1 amide bonds. The maximum Gasteiger partial charge on any atom is 0.251 e. The number of hydrogen-bond donors (Lipinski definition) is 1. The number of nitrogens with one attached hydrogen (secondary N) is 1. The molecule has 1 saturated heterocycles. The average Bonchev–Trinajstić information content (AvgIpc) is 3.19. The highest BCUT2D eigenvalue weighted by Gasteiger charge is 2.26. The number of aryl methyl sites for hydroxylation is 1. The molecular weight excluding hydrogens is 356 g/mol. The fraction of sp³-hybridized carbons (Fsp3) is 0.389. The van der Waals surface area contributed by atoms with Crippen molar-refractivity contribution in [2.75, 3.05) is 32.8 Å². The van der Waals surface area contributed by atoms with Gasteiger partial charge in [-0.3, -0.25) is 4.79 Å². The largest absolute Gasteiger partial charge is 0.469 e. The summed E-state index contributed by atoms with van der Waals surface area (Å²) in [7, 11) is -3.61. The van der Waals surface area contributed by atoms with E-state index in [9.17, 15) is 13.2 Å². The smallest absolute Gasteiger partial charge is 0.251 e. The van der Waals surface area contributed by atoms with Crippen molar-refractivity contribution in [3.8, 4) is 0 Å². The summed E-state index contributed by atoms with van der Waals surface area (Å²) in [4.78, 5) is 12.4. The van der Waals surface area contributed by atoms with Gasteiger partial charge in [-0.25, -0.2) is 8.42 Å². The molecule has 26 heavy (non-hydrogen) atoms. The third kappa shape index (κ3) is 4.51. The van der Waals surface area contributed by atoms with Crippen molar-refractivity contribution in [3.63, 3.8) is 0 Å². The summed E-state index contributed by atoms with van der Waals surface area (Å²) in [5.41, 5.74) is 0.331. The molecule has 1 aliphatic rings. The molecule has 3 rings (SSSR count). The standard InChI is InChI=1S/C18H22N2O5S/c21-18(19-8-2-5-16-6-3-11-25-16)15-4-1-7-17(14-15)26(22,23)20-9-12-24-13-10-20/h1,3-4,6-7,11,14H,2,5,8-10,12-13H2,(H,19,21). The first kappa shape index (κ1) is 18.6. The molecular formula is C18H22N2O5S. The van der Waals surface area contributed by atoms with E-state index in [1.807, 2.05) is 12.1 Å². The van der Waals surface area contributed by atoms with Gasteiger partial charge in [0.1, 0.15) is 5.76 Å². The number of furan rings is 1. The van der Waals surface area contributed by atoms with Crippen LogP contribution in [0.4, 0.5) is 0 Å². The van der Waals surface area contributed by atoms with Gasteiger partial charge < -0.3 is 14.5 Å². The molecule has 2 heterocycles. The number of rotatable bonds is 7. The highest BCUT2D eigenvalue weighted by Crippen LogP contribution is 2.18. The Hall–Kier alpha value is -2.16. The molecule has 0 unspecified atom stereocenters. The SMILES string of the molecule is O=C(NCCCc1ccco1)c1cccc(S(=O)(=O)N2CCOCC2)c1. The molecule has 2 aromatic rings. The van der Waals surface area contributed by atoms with E-state index in [1.165, 1.54) is 16.4 Å². The maximum absolute atomic E-state index is 12.7. The van der Waals surface area contributed by atoms with E-state index in [-0.39, 0.29) is 10.8 Å². The Balaban J connectivity index is 1.59. The van der Waals surface area contributed by atoms with Gasteiger partial charge in [0.15, 0.2) is 0 Å². The fourth-order valence-corrected chi connectivity index (χ4v) is 4.21. The lowest BCUT2D eigenvalue weighted by atomic mass is 10.2. The van der Waals surface area contributed by atoms with Gasteiger partial charge >= 0.3 is 0 Å². The van der Waals surface area contributed by atoms with Crippen molar-refractivity contribution in [3.05, 3.63) is 54.0 Å². The minimum atomic E-state index is -3.61. The number of hydrogen-bond acceptors (Lipinski definition) is 5. The number of nitrogens with zero attached hydrogens (tertiary/aromatic N) is 1. The minimum absolute atomic E-state index is 0.127. The van der Waals surface area contributed by atoms with Crippen molar-refractivity contribution in [2.45, 2.75) is 17.7 Å². The summed E-state index contributed by atoms with van der Waals surface area (Å²) in [6.45, 7) is 1.90. The Morgan fingerprint density at radius 1 is 1.15 bits per heavy atom. The van der Waals surface area contributed by atoms with Crippen LogP contribution in [0.2, 0.25) is 0 Å². The van der Waals surface area contributed by atoms with Crippen molar-refractivity contribution in [1.29, 1.82) is 0 Å². The van der Waals surface area contributed by atoms with Crippen molar-refractivity contribution in [2.24, 2.45) is 0 Å². The summed E-state index contributed by atoms with van der Waals surface area (Å²) < 4.78 is 37.2. The van der Waals surface area contributed by atoms with Gasteiger partial charge in [0, 0.05) is 31.6 Å². The molecule has 0 radical (unpaired) electrons. The van der Waals surface area contributed by atoms with Crippen LogP contribution in [0.15, 0.2) is 52.0 Å². The van der Waals surface area contributed by atoms with Crippen LogP contribution >= 0.6 is 0 Å². The van der Waals surface area contributed by atoms with Crippen LogP contribution < -0.4 is 5.32 Å². The Labute approximate surface area is 153 Å². The molecule has 0 atom stereocenters. The van der Waals surface area contributed by atoms with Crippen LogP contribution in [-0.2, 0) is 21.2 Å². The van der Waals surface area contributed by atoms with Gasteiger partial charge in [-0.15, -0.1) is 0 Å². The van der Waals surface area contributed by atoms with E-state index in [0.29, 0.717) is 38.4 Å². The van der Waals surface area contributed by atoms with Gasteiger partial charge in [-0.1, -0.05) is 6.07 Å². The first-order valence-corrected chi connectivity index (χ1v) is 10.00. The lowest BCUT2D eigenvalue weighted by molar-refractivity contribution is 0.0730. The van der Waals surface area contributed by atoms with Crippen molar-refractivity contribution in [1.82, 2.24) is 9.62 Å². The van der Waals surface area contributed by atoms with Crippen LogP contribution in [0.1, 0.15) is 22.5 Å². The second-order valence-electron chi connectivity index (χ2n) is 5.98. The first-order chi connectivity index (χ1) is 12.6. The molecule has 7 nitrogen and oxygen atoms in total. The molecule has 0 aliphatic carbocycles. The van der Waals surface area contributed by atoms with Gasteiger partial charge in [0.05, 0.1) is 24.4 Å². The maximum atomic E-state index is 12.7. The Kier molecular flexibility index (Phi) is 6.08. The van der Waals surface area contributed by atoms with E-state index < -0.39 is 10.0 Å². The number of amides is 1. The predicted octanol–water partition coefficient (Wildman–Crippen LogP) is 1.66. The molecule has 140 valence electrons. The zero-order valence-corrected chi connectivity index (χ0v) is 15.2. The predicted molar refractivity (Wildman–Crippen MR) is 95.4 cm³/mol. The minimum Gasteiger partial charge on any atom is -0.469 e. The van der Waals surface area contributed by atoms with E-state index in [4.69, 9.17) is 9.15 Å². The van der Waals surface area contributed by atoms with E-state index in [2.05, 4.69) is 5.32 Å². The summed E-state index contributed by atoms with van der Waals surface area (Å²) in [6.07, 6.45) is 3.10. The molecule has 1 N–H and O–H groups in total. The zero-order chi connectivity index (χ0) is 18.4. The Morgan fingerprint density at radius 2 is 1.96 bits per heavy atom. The molecule has 0 spiro atoms. The molecule has 1 aromatic heterocycles. The van der Waals surface area contributed by atoms with Crippen LogP contribution in [-0.4, -0.2) is 51.5 Å². The number of benzene rings is 1. The van der Waals surface area contributed by atoms with Gasteiger partial charge in [0.25, 0.3) is 5.91 Å². The highest BCUT2D eigenvalue weighted by atomic mass is 32.2. The van der Waals surface area contributed by atoms with Crippen LogP contribution in [0.5, 0.6) is 0 Å². The zero-order valence-electron chi connectivity index (χ0n) is 14.4. The molecule has 8 heteroatoms. The molecule has 1 aliphatic heterocycles. The molecule has 1 aromatic carbocycles.